The standard InChI is InChI=1S/C25H33N5O5/c31-24(32)20-28-14-10-26(18-22-6-2-1-3-7-22)11-15-29(21-25(33)34)17-13-27(12-16-28)19-23-8-4-5-9-30(23)35/h1-9,12,16H,10-11,13-15,17-21H2,(H,31,32)(H,33,34)/b16-12-. The highest BCUT2D eigenvalue weighted by Crippen LogP contribution is 2.08. The average Bonchev–Trinajstić information content (AvgIpc) is 2.82. The molecule has 188 valence electrons. The van der Waals surface area contributed by atoms with E-state index in [9.17, 15) is 25.0 Å². The van der Waals surface area contributed by atoms with Crippen LogP contribution in [0.5, 0.6) is 0 Å². The molecule has 0 aliphatic carbocycles. The summed E-state index contributed by atoms with van der Waals surface area (Å²) in [6, 6.07) is 15.2. The highest BCUT2D eigenvalue weighted by atomic mass is 16.5. The topological polar surface area (TPSA) is 114 Å². The van der Waals surface area contributed by atoms with E-state index in [-0.39, 0.29) is 13.1 Å². The van der Waals surface area contributed by atoms with Gasteiger partial charge in [0.05, 0.1) is 6.54 Å². The predicted octanol–water partition coefficient (Wildman–Crippen LogP) is 0.882. The van der Waals surface area contributed by atoms with E-state index in [0.29, 0.717) is 58.1 Å². The largest absolute Gasteiger partial charge is 0.618 e. The summed E-state index contributed by atoms with van der Waals surface area (Å²) in [5.74, 6) is -1.81. The van der Waals surface area contributed by atoms with E-state index in [0.717, 1.165) is 10.3 Å². The summed E-state index contributed by atoms with van der Waals surface area (Å²) in [7, 11) is 0. The lowest BCUT2D eigenvalue weighted by atomic mass is 10.2. The lowest BCUT2D eigenvalue weighted by Gasteiger charge is -2.31. The Morgan fingerprint density at radius 1 is 0.743 bits per heavy atom. The average molecular weight is 484 g/mol. The van der Waals surface area contributed by atoms with Gasteiger partial charge in [-0.05, 0) is 11.6 Å². The quantitative estimate of drug-likeness (QED) is 0.417. The Morgan fingerprint density at radius 2 is 1.34 bits per heavy atom. The van der Waals surface area contributed by atoms with Crippen molar-refractivity contribution in [2.24, 2.45) is 0 Å². The van der Waals surface area contributed by atoms with Crippen LogP contribution in [0.3, 0.4) is 0 Å². The Kier molecular flexibility index (Phi) is 9.88. The van der Waals surface area contributed by atoms with Crippen LogP contribution in [0.15, 0.2) is 67.1 Å². The van der Waals surface area contributed by atoms with E-state index in [2.05, 4.69) is 4.90 Å². The van der Waals surface area contributed by atoms with Crippen LogP contribution in [-0.2, 0) is 22.7 Å². The Balaban J connectivity index is 1.81. The maximum absolute atomic E-state index is 12.2. The number of carboxylic acids is 2. The Bertz CT molecular complexity index is 987. The maximum atomic E-state index is 12.2. The van der Waals surface area contributed by atoms with Gasteiger partial charge in [0.2, 0.25) is 5.69 Å². The van der Waals surface area contributed by atoms with Crippen molar-refractivity contribution in [1.82, 2.24) is 19.6 Å². The molecule has 0 unspecified atom stereocenters. The molecule has 0 spiro atoms. The van der Waals surface area contributed by atoms with E-state index in [1.54, 1.807) is 35.5 Å². The number of hydrogen-bond acceptors (Lipinski definition) is 7. The molecule has 10 heteroatoms. The monoisotopic (exact) mass is 483 g/mol. The molecule has 35 heavy (non-hydrogen) atoms. The molecule has 0 radical (unpaired) electrons. The van der Waals surface area contributed by atoms with Gasteiger partial charge in [-0.3, -0.25) is 19.4 Å². The highest BCUT2D eigenvalue weighted by Gasteiger charge is 2.18. The van der Waals surface area contributed by atoms with Gasteiger partial charge in [-0.15, -0.1) is 0 Å². The molecule has 1 aliphatic heterocycles. The predicted molar refractivity (Wildman–Crippen MR) is 130 cm³/mol. The smallest absolute Gasteiger partial charge is 0.323 e. The number of nitrogens with zero attached hydrogens (tertiary/aromatic N) is 5. The SMILES string of the molecule is O=C(O)CN1/C=C\N(Cc2cccc[n+]2[O-])CCN(CC(=O)O)CCN(Cc2ccccc2)CC1. The molecule has 2 N–H and O–H groups in total. The van der Waals surface area contributed by atoms with E-state index in [4.69, 9.17) is 0 Å². The molecule has 0 fully saturated rings. The number of benzene rings is 1. The third kappa shape index (κ3) is 9.26. The van der Waals surface area contributed by atoms with E-state index >= 15 is 0 Å². The van der Waals surface area contributed by atoms with Crippen LogP contribution in [0, 0.1) is 5.21 Å². The van der Waals surface area contributed by atoms with Gasteiger partial charge in [-0.25, -0.2) is 0 Å². The Hall–Kier alpha value is -3.63. The molecule has 0 amide bonds. The number of aliphatic carboxylic acids is 2. The first-order valence-electron chi connectivity index (χ1n) is 11.6. The van der Waals surface area contributed by atoms with Crippen LogP contribution in [0.1, 0.15) is 11.3 Å². The summed E-state index contributed by atoms with van der Waals surface area (Å²) >= 11 is 0. The molecule has 0 saturated carbocycles. The first kappa shape index (κ1) is 26.0. The fraction of sp³-hybridized carbons (Fsp3) is 0.400. The van der Waals surface area contributed by atoms with E-state index in [1.807, 2.05) is 40.1 Å². The van der Waals surface area contributed by atoms with Gasteiger partial charge in [0.15, 0.2) is 6.20 Å². The minimum absolute atomic E-state index is 0.0746. The summed E-state index contributed by atoms with van der Waals surface area (Å²) in [5.41, 5.74) is 1.69. The Morgan fingerprint density at radius 3 is 2.06 bits per heavy atom. The number of hydrogen-bond donors (Lipinski definition) is 2. The third-order valence-corrected chi connectivity index (χ3v) is 5.84. The highest BCUT2D eigenvalue weighted by molar-refractivity contribution is 5.69. The number of carboxylic acid groups (broad SMARTS) is 2. The molecule has 10 nitrogen and oxygen atoms in total. The van der Waals surface area contributed by atoms with Gasteiger partial charge in [-0.1, -0.05) is 30.3 Å². The molecule has 0 bridgehead atoms. The van der Waals surface area contributed by atoms with Crippen molar-refractivity contribution < 1.29 is 24.5 Å². The molecule has 1 aliphatic rings. The van der Waals surface area contributed by atoms with Crippen molar-refractivity contribution in [1.29, 1.82) is 0 Å². The van der Waals surface area contributed by atoms with Gasteiger partial charge in [0, 0.05) is 70.3 Å². The summed E-state index contributed by atoms with van der Waals surface area (Å²) in [4.78, 5) is 30.7. The van der Waals surface area contributed by atoms with Crippen LogP contribution in [-0.4, -0.2) is 94.1 Å². The van der Waals surface area contributed by atoms with Crippen LogP contribution in [0.25, 0.3) is 0 Å². The molecule has 2 aromatic rings. The lowest BCUT2D eigenvalue weighted by Crippen LogP contribution is -2.44. The zero-order chi connectivity index (χ0) is 25.0. The van der Waals surface area contributed by atoms with Crippen molar-refractivity contribution in [2.45, 2.75) is 13.1 Å². The number of pyridine rings is 1. The van der Waals surface area contributed by atoms with Gasteiger partial charge in [-0.2, -0.15) is 4.73 Å². The maximum Gasteiger partial charge on any atom is 0.323 e. The molecule has 0 saturated heterocycles. The minimum Gasteiger partial charge on any atom is -0.618 e. The lowest BCUT2D eigenvalue weighted by molar-refractivity contribution is -0.615. The second-order valence-electron chi connectivity index (χ2n) is 8.58. The van der Waals surface area contributed by atoms with Gasteiger partial charge < -0.3 is 25.2 Å². The van der Waals surface area contributed by atoms with Crippen LogP contribution >= 0.6 is 0 Å². The zero-order valence-electron chi connectivity index (χ0n) is 19.8. The fourth-order valence-electron chi connectivity index (χ4n) is 3.96. The molecule has 1 aromatic heterocycles. The first-order valence-corrected chi connectivity index (χ1v) is 11.6. The van der Waals surface area contributed by atoms with Crippen LogP contribution in [0.4, 0.5) is 0 Å². The molecule has 2 heterocycles. The van der Waals surface area contributed by atoms with Crippen LogP contribution in [0.2, 0.25) is 0 Å². The van der Waals surface area contributed by atoms with E-state index < -0.39 is 11.9 Å². The third-order valence-electron chi connectivity index (χ3n) is 5.84. The van der Waals surface area contributed by atoms with Gasteiger partial charge >= 0.3 is 11.9 Å². The summed E-state index contributed by atoms with van der Waals surface area (Å²) in [6.07, 6.45) is 4.97. The number of aromatic nitrogens is 1. The summed E-state index contributed by atoms with van der Waals surface area (Å²) in [5, 5.41) is 31.0. The van der Waals surface area contributed by atoms with Crippen molar-refractivity contribution >= 4 is 11.9 Å². The van der Waals surface area contributed by atoms with Crippen LogP contribution < -0.4 is 4.73 Å². The second kappa shape index (κ2) is 13.3. The van der Waals surface area contributed by atoms with Crippen molar-refractivity contribution in [2.75, 3.05) is 52.4 Å². The van der Waals surface area contributed by atoms with Gasteiger partial charge in [0.1, 0.15) is 13.1 Å². The number of carbonyl (C=O) groups is 2. The second-order valence-corrected chi connectivity index (χ2v) is 8.58. The molecule has 0 atom stereocenters. The summed E-state index contributed by atoms with van der Waals surface area (Å²) < 4.78 is 0.801. The van der Waals surface area contributed by atoms with E-state index in [1.165, 1.54) is 6.20 Å². The molecule has 1 aromatic carbocycles. The fourth-order valence-corrected chi connectivity index (χ4v) is 3.96. The molecular formula is C25H33N5O5. The van der Waals surface area contributed by atoms with Gasteiger partial charge in [0.25, 0.3) is 0 Å². The normalized spacial score (nSPS) is 17.4. The van der Waals surface area contributed by atoms with Crippen molar-refractivity contribution in [3.05, 3.63) is 83.6 Å². The molecule has 3 rings (SSSR count). The summed E-state index contributed by atoms with van der Waals surface area (Å²) in [6.45, 7) is 4.09. The zero-order valence-corrected chi connectivity index (χ0v) is 19.8. The number of rotatable bonds is 8. The van der Waals surface area contributed by atoms with Crippen molar-refractivity contribution in [3.8, 4) is 0 Å². The van der Waals surface area contributed by atoms with Crippen molar-refractivity contribution in [3.63, 3.8) is 0 Å². The molecular weight excluding hydrogens is 450 g/mol. The first-order chi connectivity index (χ1) is 16.9. The minimum atomic E-state index is -0.920. The Labute approximate surface area is 205 Å².